The van der Waals surface area contributed by atoms with Crippen LogP contribution in [0.1, 0.15) is 30.9 Å². The van der Waals surface area contributed by atoms with Crippen LogP contribution in [0.4, 0.5) is 0 Å². The van der Waals surface area contributed by atoms with Crippen LogP contribution in [0, 0.1) is 0 Å². The Balaban J connectivity index is 2.96. The summed E-state index contributed by atoms with van der Waals surface area (Å²) in [7, 11) is 0. The molecule has 1 rings (SSSR count). The molecule has 0 aliphatic carbocycles. The van der Waals surface area contributed by atoms with Gasteiger partial charge in [-0.25, -0.2) is 0 Å². The Bertz CT molecular complexity index is 281. The summed E-state index contributed by atoms with van der Waals surface area (Å²) >= 11 is 5.95. The maximum atomic E-state index is 8.80. The minimum absolute atomic E-state index is 0.178. The lowest BCUT2D eigenvalue weighted by atomic mass is 10.00. The van der Waals surface area contributed by atoms with Gasteiger partial charge in [-0.2, -0.15) is 0 Å². The summed E-state index contributed by atoms with van der Waals surface area (Å²) in [5.74, 6) is 0.483. The summed E-state index contributed by atoms with van der Waals surface area (Å²) < 4.78 is 0. The minimum atomic E-state index is 0.178. The third-order valence-electron chi connectivity index (χ3n) is 2.05. The lowest BCUT2D eigenvalue weighted by molar-refractivity contribution is 0.299. The third-order valence-corrected chi connectivity index (χ3v) is 2.27. The smallest absolute Gasteiger partial charge is 0.0471 e. The van der Waals surface area contributed by atoms with E-state index in [1.165, 1.54) is 5.56 Å². The van der Waals surface area contributed by atoms with Gasteiger partial charge in [0.1, 0.15) is 0 Å². The van der Waals surface area contributed by atoms with Gasteiger partial charge >= 0.3 is 0 Å². The summed E-state index contributed by atoms with van der Waals surface area (Å²) in [4.78, 5) is 0. The summed E-state index contributed by atoms with van der Waals surface area (Å²) in [5, 5.41) is 9.56. The highest BCUT2D eigenvalue weighted by Crippen LogP contribution is 2.21. The van der Waals surface area contributed by atoms with Crippen molar-refractivity contribution in [1.82, 2.24) is 0 Å². The zero-order valence-corrected chi connectivity index (χ0v) is 8.80. The van der Waals surface area contributed by atoms with Crippen molar-refractivity contribution < 1.29 is 5.11 Å². The number of aliphatic hydroxyl groups excluding tert-OH is 1. The molecule has 0 heterocycles. The molecule has 0 amide bonds. The fraction of sp³-hybridized carbons (Fsp3) is 0.455. The van der Waals surface area contributed by atoms with Crippen LogP contribution in [0.15, 0.2) is 18.2 Å². The van der Waals surface area contributed by atoms with Gasteiger partial charge in [0, 0.05) is 11.6 Å². The van der Waals surface area contributed by atoms with E-state index < -0.39 is 0 Å². The van der Waals surface area contributed by atoms with Crippen LogP contribution in [0.25, 0.3) is 0 Å². The van der Waals surface area contributed by atoms with Crippen LogP contribution in [0.2, 0.25) is 5.02 Å². The molecule has 0 aliphatic heterocycles. The second-order valence-corrected chi connectivity index (χ2v) is 3.96. The molecule has 1 aromatic carbocycles. The first-order valence-electron chi connectivity index (χ1n) is 4.53. The first-order chi connectivity index (χ1) is 6.13. The van der Waals surface area contributed by atoms with Gasteiger partial charge in [0.05, 0.1) is 0 Å². The van der Waals surface area contributed by atoms with Gasteiger partial charge < -0.3 is 5.11 Å². The zero-order chi connectivity index (χ0) is 9.84. The van der Waals surface area contributed by atoms with Crippen molar-refractivity contribution in [2.24, 2.45) is 0 Å². The van der Waals surface area contributed by atoms with E-state index in [0.29, 0.717) is 12.3 Å². The highest BCUT2D eigenvalue weighted by molar-refractivity contribution is 6.30. The highest BCUT2D eigenvalue weighted by Gasteiger charge is 2.02. The van der Waals surface area contributed by atoms with Crippen LogP contribution in [0.3, 0.4) is 0 Å². The fourth-order valence-electron chi connectivity index (χ4n) is 1.28. The van der Waals surface area contributed by atoms with Gasteiger partial charge in [-0.3, -0.25) is 0 Å². The van der Waals surface area contributed by atoms with Gasteiger partial charge in [-0.15, -0.1) is 0 Å². The van der Waals surface area contributed by atoms with Crippen LogP contribution < -0.4 is 0 Å². The molecular formula is C11H15ClO. The van der Waals surface area contributed by atoms with Crippen LogP contribution in [0.5, 0.6) is 0 Å². The van der Waals surface area contributed by atoms with E-state index in [9.17, 15) is 0 Å². The summed E-state index contributed by atoms with van der Waals surface area (Å²) in [6.07, 6.45) is 0.681. The van der Waals surface area contributed by atoms with Crippen molar-refractivity contribution in [3.05, 3.63) is 34.3 Å². The summed E-state index contributed by atoms with van der Waals surface area (Å²) in [5.41, 5.74) is 2.34. The molecule has 72 valence electrons. The number of hydrogen-bond donors (Lipinski definition) is 1. The van der Waals surface area contributed by atoms with E-state index in [1.54, 1.807) is 0 Å². The van der Waals surface area contributed by atoms with Gasteiger partial charge in [0.25, 0.3) is 0 Å². The molecule has 1 nitrogen and oxygen atoms in total. The van der Waals surface area contributed by atoms with Crippen molar-refractivity contribution in [3.8, 4) is 0 Å². The van der Waals surface area contributed by atoms with Gasteiger partial charge in [-0.05, 0) is 35.6 Å². The first-order valence-corrected chi connectivity index (χ1v) is 4.91. The Hall–Kier alpha value is -0.530. The highest BCUT2D eigenvalue weighted by atomic mass is 35.5. The predicted octanol–water partition coefficient (Wildman–Crippen LogP) is 3.00. The first kappa shape index (κ1) is 10.6. The Labute approximate surface area is 84.4 Å². The van der Waals surface area contributed by atoms with E-state index in [0.717, 1.165) is 10.6 Å². The van der Waals surface area contributed by atoms with E-state index >= 15 is 0 Å². The lowest BCUT2D eigenvalue weighted by Crippen LogP contribution is -1.94. The molecule has 1 N–H and O–H groups in total. The Morgan fingerprint density at radius 3 is 2.54 bits per heavy atom. The Morgan fingerprint density at radius 1 is 1.31 bits per heavy atom. The number of hydrogen-bond acceptors (Lipinski definition) is 1. The van der Waals surface area contributed by atoms with Gasteiger partial charge in [0.2, 0.25) is 0 Å². The lowest BCUT2D eigenvalue weighted by Gasteiger charge is -2.08. The Morgan fingerprint density at radius 2 is 2.00 bits per heavy atom. The average Bonchev–Trinajstić information content (AvgIpc) is 2.03. The van der Waals surface area contributed by atoms with Crippen LogP contribution in [-0.2, 0) is 6.42 Å². The number of halogens is 1. The number of aliphatic hydroxyl groups is 1. The van der Waals surface area contributed by atoms with Crippen LogP contribution >= 0.6 is 11.6 Å². The van der Waals surface area contributed by atoms with E-state index in [1.807, 2.05) is 12.1 Å². The molecule has 13 heavy (non-hydrogen) atoms. The van der Waals surface area contributed by atoms with Crippen LogP contribution in [-0.4, -0.2) is 11.7 Å². The van der Waals surface area contributed by atoms with Crippen molar-refractivity contribution in [1.29, 1.82) is 0 Å². The topological polar surface area (TPSA) is 20.2 Å². The molecule has 0 saturated heterocycles. The average molecular weight is 199 g/mol. The molecule has 0 aliphatic rings. The zero-order valence-electron chi connectivity index (χ0n) is 8.05. The van der Waals surface area contributed by atoms with Crippen molar-refractivity contribution in [2.75, 3.05) is 6.61 Å². The standard InChI is InChI=1S/C11H15ClO/c1-8(2)10-5-9(3-4-13)6-11(12)7-10/h5-8,13H,3-4H2,1-2H3. The molecule has 0 radical (unpaired) electrons. The normalized spacial score (nSPS) is 10.8. The molecule has 1 aromatic rings. The monoisotopic (exact) mass is 198 g/mol. The van der Waals surface area contributed by atoms with E-state index in [-0.39, 0.29) is 6.61 Å². The van der Waals surface area contributed by atoms with Crippen molar-refractivity contribution in [3.63, 3.8) is 0 Å². The van der Waals surface area contributed by atoms with Gasteiger partial charge in [0.15, 0.2) is 0 Å². The largest absolute Gasteiger partial charge is 0.396 e. The molecule has 0 unspecified atom stereocenters. The summed E-state index contributed by atoms with van der Waals surface area (Å²) in [6.45, 7) is 4.45. The molecule has 0 bridgehead atoms. The molecule has 0 spiro atoms. The molecule has 2 heteroatoms. The second-order valence-electron chi connectivity index (χ2n) is 3.52. The fourth-order valence-corrected chi connectivity index (χ4v) is 1.55. The molecule has 0 aromatic heterocycles. The molecule has 0 saturated carbocycles. The molecule has 0 fully saturated rings. The molecular weight excluding hydrogens is 184 g/mol. The maximum absolute atomic E-state index is 8.80. The quantitative estimate of drug-likeness (QED) is 0.792. The minimum Gasteiger partial charge on any atom is -0.396 e. The predicted molar refractivity (Wildman–Crippen MR) is 56.3 cm³/mol. The Kier molecular flexibility index (Phi) is 3.76. The number of rotatable bonds is 3. The number of benzene rings is 1. The second kappa shape index (κ2) is 4.64. The SMILES string of the molecule is CC(C)c1cc(Cl)cc(CCO)c1. The van der Waals surface area contributed by atoms with Crippen molar-refractivity contribution >= 4 is 11.6 Å². The van der Waals surface area contributed by atoms with E-state index in [2.05, 4.69) is 19.9 Å². The summed E-state index contributed by atoms with van der Waals surface area (Å²) in [6, 6.07) is 5.99. The third kappa shape index (κ3) is 3.02. The van der Waals surface area contributed by atoms with Crippen molar-refractivity contribution in [2.45, 2.75) is 26.2 Å². The molecule has 0 atom stereocenters. The maximum Gasteiger partial charge on any atom is 0.0471 e. The van der Waals surface area contributed by atoms with E-state index in [4.69, 9.17) is 16.7 Å². The van der Waals surface area contributed by atoms with Gasteiger partial charge in [-0.1, -0.05) is 31.5 Å².